The highest BCUT2D eigenvalue weighted by atomic mass is 19.1. The van der Waals surface area contributed by atoms with E-state index in [1.165, 1.54) is 23.4 Å². The third-order valence-electron chi connectivity index (χ3n) is 5.70. The second-order valence-electron chi connectivity index (χ2n) is 8.23. The minimum Gasteiger partial charge on any atom is -0.382 e. The van der Waals surface area contributed by atoms with Crippen molar-refractivity contribution in [1.82, 2.24) is 34.7 Å². The lowest BCUT2D eigenvalue weighted by molar-refractivity contribution is -0.0227. The predicted molar refractivity (Wildman–Crippen MR) is 122 cm³/mol. The van der Waals surface area contributed by atoms with Crippen LogP contribution in [-0.4, -0.2) is 52.9 Å². The molecule has 1 atom stereocenters. The van der Waals surface area contributed by atoms with Gasteiger partial charge in [-0.2, -0.15) is 10.4 Å². The third kappa shape index (κ3) is 5.74. The van der Waals surface area contributed by atoms with Crippen molar-refractivity contribution in [3.63, 3.8) is 0 Å². The third-order valence-corrected chi connectivity index (χ3v) is 5.70. The lowest BCUT2D eigenvalue weighted by Gasteiger charge is -2.34. The Bertz CT molecular complexity index is 1320. The number of hydrogen-bond donors (Lipinski definition) is 1. The van der Waals surface area contributed by atoms with Crippen molar-refractivity contribution in [3.05, 3.63) is 95.3 Å². The topological polar surface area (TPSA) is 109 Å². The highest BCUT2D eigenvalue weighted by molar-refractivity contribution is 5.37. The number of aromatic nitrogens is 6. The fourth-order valence-corrected chi connectivity index (χ4v) is 3.98. The van der Waals surface area contributed by atoms with Crippen molar-refractivity contribution < 1.29 is 13.9 Å². The van der Waals surface area contributed by atoms with Gasteiger partial charge in [0, 0.05) is 24.7 Å². The van der Waals surface area contributed by atoms with Crippen LogP contribution in [0.1, 0.15) is 29.3 Å². The van der Waals surface area contributed by atoms with Crippen molar-refractivity contribution in [2.24, 2.45) is 0 Å². The number of hydrogen-bond acceptors (Lipinski definition) is 7. The maximum Gasteiger partial charge on any atom is 0.137 e. The Labute approximate surface area is 200 Å². The molecule has 9 nitrogen and oxygen atoms in total. The molecule has 11 heteroatoms. The number of halogens is 2. The van der Waals surface area contributed by atoms with Crippen molar-refractivity contribution in [3.8, 4) is 6.07 Å². The van der Waals surface area contributed by atoms with Crippen molar-refractivity contribution in [2.45, 2.75) is 32.2 Å². The average Bonchev–Trinajstić information content (AvgIpc) is 3.50. The molecule has 0 radical (unpaired) electrons. The van der Waals surface area contributed by atoms with Crippen LogP contribution in [0.25, 0.3) is 0 Å². The number of benzene rings is 2. The summed E-state index contributed by atoms with van der Waals surface area (Å²) in [5, 5.41) is 33.3. The van der Waals surface area contributed by atoms with Crippen molar-refractivity contribution >= 4 is 0 Å². The molecular formula is C24H24F2N8O. The minimum absolute atomic E-state index is 0.0238. The van der Waals surface area contributed by atoms with Gasteiger partial charge in [-0.3, -0.25) is 4.90 Å². The Morgan fingerprint density at radius 1 is 1.17 bits per heavy atom. The molecule has 180 valence electrons. The van der Waals surface area contributed by atoms with E-state index in [-0.39, 0.29) is 18.7 Å². The molecule has 2 aromatic heterocycles. The van der Waals surface area contributed by atoms with Gasteiger partial charge < -0.3 is 5.11 Å². The smallest absolute Gasteiger partial charge is 0.137 e. The minimum atomic E-state index is -1.72. The maximum absolute atomic E-state index is 14.7. The molecule has 0 saturated heterocycles. The van der Waals surface area contributed by atoms with Crippen LogP contribution in [0, 0.1) is 23.0 Å². The molecular weight excluding hydrogens is 454 g/mol. The van der Waals surface area contributed by atoms with Gasteiger partial charge >= 0.3 is 0 Å². The Kier molecular flexibility index (Phi) is 7.24. The molecule has 35 heavy (non-hydrogen) atoms. The number of nitriles is 1. The molecule has 0 amide bonds. The Morgan fingerprint density at radius 3 is 2.71 bits per heavy atom. The standard InChI is InChI=1S/C24H24F2N8O/c1-2-32(12-21-13-33(31-30-21)11-19-6-4-3-5-18(19)10-27)14-24(35,15-34-17-28-16-29-34)22-8-7-20(25)9-23(22)26/h3-9,13,16-17,35H,2,11-12,14-15H2,1H3. The number of aliphatic hydroxyl groups is 1. The van der Waals surface area contributed by atoms with E-state index in [2.05, 4.69) is 26.5 Å². The molecule has 1 N–H and O–H groups in total. The number of rotatable bonds is 10. The van der Waals surface area contributed by atoms with Gasteiger partial charge in [-0.05, 0) is 24.2 Å². The molecule has 1 unspecified atom stereocenters. The summed E-state index contributed by atoms with van der Waals surface area (Å²) in [6, 6.07) is 12.6. The van der Waals surface area contributed by atoms with Crippen LogP contribution in [0.2, 0.25) is 0 Å². The van der Waals surface area contributed by atoms with Crippen LogP contribution in [0.5, 0.6) is 0 Å². The largest absolute Gasteiger partial charge is 0.382 e. The summed E-state index contributed by atoms with van der Waals surface area (Å²) in [4.78, 5) is 5.77. The lowest BCUT2D eigenvalue weighted by atomic mass is 9.92. The highest BCUT2D eigenvalue weighted by Crippen LogP contribution is 2.28. The van der Waals surface area contributed by atoms with E-state index in [0.717, 1.165) is 17.7 Å². The molecule has 0 fully saturated rings. The van der Waals surface area contributed by atoms with Gasteiger partial charge in [-0.1, -0.05) is 36.4 Å². The molecule has 4 aromatic rings. The first-order chi connectivity index (χ1) is 16.9. The lowest BCUT2D eigenvalue weighted by Crippen LogP contribution is -2.44. The van der Waals surface area contributed by atoms with E-state index in [0.29, 0.717) is 30.9 Å². The van der Waals surface area contributed by atoms with E-state index in [9.17, 15) is 19.1 Å². The van der Waals surface area contributed by atoms with Crippen LogP contribution < -0.4 is 0 Å². The van der Waals surface area contributed by atoms with E-state index in [1.54, 1.807) is 23.0 Å². The van der Waals surface area contributed by atoms with Crippen LogP contribution in [0.4, 0.5) is 8.78 Å². The fraction of sp³-hybridized carbons (Fsp3) is 0.292. The maximum atomic E-state index is 14.7. The average molecular weight is 479 g/mol. The van der Waals surface area contributed by atoms with E-state index < -0.39 is 17.2 Å². The molecule has 0 bridgehead atoms. The molecule has 0 saturated carbocycles. The number of likely N-dealkylation sites (N-methyl/N-ethyl adjacent to an activating group) is 1. The second kappa shape index (κ2) is 10.5. The quantitative estimate of drug-likeness (QED) is 0.373. The summed E-state index contributed by atoms with van der Waals surface area (Å²) < 4.78 is 31.3. The van der Waals surface area contributed by atoms with Crippen molar-refractivity contribution in [2.75, 3.05) is 13.1 Å². The zero-order valence-electron chi connectivity index (χ0n) is 19.1. The Hall–Kier alpha value is -4.01. The van der Waals surface area contributed by atoms with E-state index in [1.807, 2.05) is 24.0 Å². The Balaban J connectivity index is 1.54. The van der Waals surface area contributed by atoms with Gasteiger partial charge in [0.05, 0.1) is 36.6 Å². The summed E-state index contributed by atoms with van der Waals surface area (Å²) in [5.41, 5.74) is 0.282. The van der Waals surface area contributed by atoms with Gasteiger partial charge in [0.25, 0.3) is 0 Å². The Morgan fingerprint density at radius 2 is 2.00 bits per heavy atom. The molecule has 0 aliphatic carbocycles. The van der Waals surface area contributed by atoms with E-state index >= 15 is 0 Å². The molecule has 4 rings (SSSR count). The van der Waals surface area contributed by atoms with Gasteiger partial charge in [0.2, 0.25) is 0 Å². The summed E-state index contributed by atoms with van der Waals surface area (Å²) in [6.07, 6.45) is 4.51. The second-order valence-corrected chi connectivity index (χ2v) is 8.23. The van der Waals surface area contributed by atoms with Crippen molar-refractivity contribution in [1.29, 1.82) is 5.26 Å². The van der Waals surface area contributed by atoms with Gasteiger partial charge in [-0.25, -0.2) is 23.1 Å². The first-order valence-corrected chi connectivity index (χ1v) is 11.0. The van der Waals surface area contributed by atoms with Gasteiger partial charge in [0.15, 0.2) is 0 Å². The highest BCUT2D eigenvalue weighted by Gasteiger charge is 2.35. The normalized spacial score (nSPS) is 13.0. The number of nitrogens with zero attached hydrogens (tertiary/aromatic N) is 8. The predicted octanol–water partition coefficient (Wildman–Crippen LogP) is 2.48. The zero-order chi connectivity index (χ0) is 24.8. The molecule has 2 aromatic carbocycles. The van der Waals surface area contributed by atoms with E-state index in [4.69, 9.17) is 0 Å². The summed E-state index contributed by atoms with van der Waals surface area (Å²) in [7, 11) is 0. The molecule has 0 aliphatic rings. The SMILES string of the molecule is CCN(Cc1cn(Cc2ccccc2C#N)nn1)CC(O)(Cn1cncn1)c1ccc(F)cc1F. The first kappa shape index (κ1) is 24.1. The van der Waals surface area contributed by atoms with Crippen LogP contribution >= 0.6 is 0 Å². The summed E-state index contributed by atoms with van der Waals surface area (Å²) in [6.45, 7) is 3.09. The zero-order valence-corrected chi connectivity index (χ0v) is 19.1. The summed E-state index contributed by atoms with van der Waals surface area (Å²) >= 11 is 0. The first-order valence-electron chi connectivity index (χ1n) is 11.0. The van der Waals surface area contributed by atoms with Crippen LogP contribution in [0.3, 0.4) is 0 Å². The molecule has 2 heterocycles. The fourth-order valence-electron chi connectivity index (χ4n) is 3.98. The van der Waals surface area contributed by atoms with Crippen LogP contribution in [0.15, 0.2) is 61.3 Å². The summed E-state index contributed by atoms with van der Waals surface area (Å²) in [5.74, 6) is -1.57. The van der Waals surface area contributed by atoms with Gasteiger partial charge in [-0.15, -0.1) is 5.10 Å². The molecule has 0 spiro atoms. The van der Waals surface area contributed by atoms with Gasteiger partial charge in [0.1, 0.15) is 29.9 Å². The molecule has 0 aliphatic heterocycles. The monoisotopic (exact) mass is 478 g/mol. The van der Waals surface area contributed by atoms with Crippen LogP contribution in [-0.2, 0) is 25.2 Å².